The van der Waals surface area contributed by atoms with Crippen molar-refractivity contribution in [3.05, 3.63) is 54.5 Å². The number of carbonyl (C=O) groups is 2. The van der Waals surface area contributed by atoms with E-state index in [-0.39, 0.29) is 17.3 Å². The molecule has 6 atom stereocenters. The van der Waals surface area contributed by atoms with Crippen molar-refractivity contribution in [3.63, 3.8) is 0 Å². The third-order valence-corrected chi connectivity index (χ3v) is 8.73. The second-order valence-electron chi connectivity index (χ2n) is 11.3. The summed E-state index contributed by atoms with van der Waals surface area (Å²) >= 11 is 0. The number of nitrogen functional groups attached to an aromatic ring is 1. The van der Waals surface area contributed by atoms with Gasteiger partial charge in [0.2, 0.25) is 5.60 Å². The van der Waals surface area contributed by atoms with Crippen LogP contribution in [0.4, 0.5) is 5.82 Å². The maximum Gasteiger partial charge on any atom is 0.459 e. The molecule has 1 aliphatic heterocycles. The summed E-state index contributed by atoms with van der Waals surface area (Å²) in [4.78, 5) is 29.3. The number of nitrogens with zero attached hydrogens (tertiary/aromatic N) is 4. The SMILES string of the molecule is CC(C)OC(=O)[C@H](C)NP(=O)(OC[C@H]1O[C@@](C#N)(c2ccc3c(N)ncnn23)[C@](C)(O)[C@@H]1OC(=O)C(C)C)Oc1ccccc1. The number of rotatable bonds is 12. The van der Waals surface area contributed by atoms with E-state index in [0.29, 0.717) is 5.52 Å². The second kappa shape index (κ2) is 13.1. The Hall–Kier alpha value is -4.06. The lowest BCUT2D eigenvalue weighted by Gasteiger charge is -2.34. The number of anilines is 1. The molecule has 1 aromatic carbocycles. The minimum atomic E-state index is -4.40. The van der Waals surface area contributed by atoms with Crippen molar-refractivity contribution in [2.45, 2.75) is 77.1 Å². The van der Waals surface area contributed by atoms with E-state index in [0.717, 1.165) is 0 Å². The van der Waals surface area contributed by atoms with Crippen LogP contribution in [0.2, 0.25) is 0 Å². The van der Waals surface area contributed by atoms with Crippen LogP contribution in [0.25, 0.3) is 5.52 Å². The van der Waals surface area contributed by atoms with E-state index in [4.69, 9.17) is 29.0 Å². The van der Waals surface area contributed by atoms with Crippen molar-refractivity contribution in [1.29, 1.82) is 5.26 Å². The van der Waals surface area contributed by atoms with Crippen LogP contribution >= 0.6 is 7.75 Å². The summed E-state index contributed by atoms with van der Waals surface area (Å²) in [5.41, 5.74) is 1.99. The molecule has 0 radical (unpaired) electrons. The highest BCUT2D eigenvalue weighted by Gasteiger charge is 2.67. The van der Waals surface area contributed by atoms with Gasteiger partial charge in [0.05, 0.1) is 24.3 Å². The molecular formula is C29H37N6O9P. The first-order valence-electron chi connectivity index (χ1n) is 14.2. The van der Waals surface area contributed by atoms with Gasteiger partial charge in [-0.3, -0.25) is 14.1 Å². The molecule has 0 saturated carbocycles. The Kier molecular flexibility index (Phi) is 9.86. The first-order chi connectivity index (χ1) is 21.1. The number of para-hydroxylation sites is 1. The molecule has 16 heteroatoms. The third kappa shape index (κ3) is 6.80. The smallest absolute Gasteiger partial charge is 0.459 e. The zero-order valence-corrected chi connectivity index (χ0v) is 26.6. The first-order valence-corrected chi connectivity index (χ1v) is 15.8. The molecule has 0 amide bonds. The fourth-order valence-electron chi connectivity index (χ4n) is 4.79. The van der Waals surface area contributed by atoms with E-state index in [9.17, 15) is 24.5 Å². The number of nitriles is 1. The van der Waals surface area contributed by atoms with Gasteiger partial charge in [-0.25, -0.2) is 14.1 Å². The normalized spacial score (nSPS) is 25.1. The van der Waals surface area contributed by atoms with Gasteiger partial charge in [0.15, 0.2) is 11.9 Å². The monoisotopic (exact) mass is 644 g/mol. The zero-order chi connectivity index (χ0) is 33.2. The van der Waals surface area contributed by atoms with E-state index in [1.54, 1.807) is 52.0 Å². The number of esters is 2. The molecule has 1 aliphatic rings. The van der Waals surface area contributed by atoms with Gasteiger partial charge < -0.3 is 29.6 Å². The summed E-state index contributed by atoms with van der Waals surface area (Å²) in [5, 5.41) is 29.3. The van der Waals surface area contributed by atoms with Gasteiger partial charge in [-0.2, -0.15) is 15.4 Å². The molecule has 1 fully saturated rings. The molecular weight excluding hydrogens is 607 g/mol. The van der Waals surface area contributed by atoms with Crippen LogP contribution < -0.4 is 15.3 Å². The highest BCUT2D eigenvalue weighted by molar-refractivity contribution is 7.52. The van der Waals surface area contributed by atoms with Crippen molar-refractivity contribution >= 4 is 31.0 Å². The predicted molar refractivity (Wildman–Crippen MR) is 159 cm³/mol. The Morgan fingerprint density at radius 2 is 1.87 bits per heavy atom. The van der Waals surface area contributed by atoms with Crippen LogP contribution in [0.5, 0.6) is 5.75 Å². The third-order valence-electron chi connectivity index (χ3n) is 7.08. The van der Waals surface area contributed by atoms with Crippen molar-refractivity contribution in [1.82, 2.24) is 19.7 Å². The van der Waals surface area contributed by atoms with Crippen LogP contribution in [-0.2, 0) is 38.5 Å². The zero-order valence-electron chi connectivity index (χ0n) is 25.7. The number of nitrogens with two attached hydrogens (primary N) is 1. The summed E-state index contributed by atoms with van der Waals surface area (Å²) in [5.74, 6) is -1.74. The van der Waals surface area contributed by atoms with E-state index >= 15 is 0 Å². The first kappa shape index (κ1) is 33.8. The molecule has 1 saturated heterocycles. The quantitative estimate of drug-likeness (QED) is 0.191. The minimum Gasteiger partial charge on any atom is -0.462 e. The van der Waals surface area contributed by atoms with Crippen molar-refractivity contribution < 1.29 is 42.5 Å². The predicted octanol–water partition coefficient (Wildman–Crippen LogP) is 2.88. The average Bonchev–Trinajstić information content (AvgIpc) is 3.50. The molecule has 0 aliphatic carbocycles. The van der Waals surface area contributed by atoms with E-state index in [1.165, 1.54) is 42.9 Å². The maximum atomic E-state index is 14.1. The fraction of sp³-hybridized carbons (Fsp3) is 0.483. The van der Waals surface area contributed by atoms with Gasteiger partial charge in [-0.15, -0.1) is 0 Å². The van der Waals surface area contributed by atoms with E-state index in [2.05, 4.69) is 15.2 Å². The summed E-state index contributed by atoms with van der Waals surface area (Å²) in [7, 11) is -4.40. The molecule has 0 spiro atoms. The molecule has 242 valence electrons. The molecule has 1 unspecified atom stereocenters. The number of benzene rings is 1. The number of carbonyl (C=O) groups excluding carboxylic acids is 2. The van der Waals surface area contributed by atoms with Gasteiger partial charge in [0.1, 0.15) is 41.4 Å². The lowest BCUT2D eigenvalue weighted by Crippen LogP contribution is -2.54. The number of aromatic nitrogens is 3. The number of fused-ring (bicyclic) bond motifs is 1. The maximum absolute atomic E-state index is 14.1. The number of ether oxygens (including phenoxy) is 3. The van der Waals surface area contributed by atoms with E-state index < -0.39 is 67.8 Å². The Balaban J connectivity index is 1.72. The number of hydrogen-bond donors (Lipinski definition) is 3. The Labute approximate surface area is 260 Å². The molecule has 0 bridgehead atoms. The topological polar surface area (TPSA) is 210 Å². The molecule has 4 N–H and O–H groups in total. The summed E-state index contributed by atoms with van der Waals surface area (Å²) in [6.07, 6.45) is -2.15. The Morgan fingerprint density at radius 1 is 1.18 bits per heavy atom. The van der Waals surface area contributed by atoms with Crippen LogP contribution in [0.1, 0.15) is 47.2 Å². The molecule has 3 aromatic rings. The highest BCUT2D eigenvalue weighted by atomic mass is 31.2. The van der Waals surface area contributed by atoms with Gasteiger partial charge in [0, 0.05) is 0 Å². The summed E-state index contributed by atoms with van der Waals surface area (Å²) in [6, 6.07) is 12.0. The van der Waals surface area contributed by atoms with E-state index in [1.807, 2.05) is 6.07 Å². The summed E-state index contributed by atoms with van der Waals surface area (Å²) in [6.45, 7) is 8.60. The van der Waals surface area contributed by atoms with Gasteiger partial charge >= 0.3 is 19.7 Å². The lowest BCUT2D eigenvalue weighted by molar-refractivity contribution is -0.168. The van der Waals surface area contributed by atoms with Crippen LogP contribution in [0.3, 0.4) is 0 Å². The van der Waals surface area contributed by atoms with Crippen molar-refractivity contribution in [3.8, 4) is 11.8 Å². The Bertz CT molecular complexity index is 1620. The Morgan fingerprint density at radius 3 is 2.49 bits per heavy atom. The largest absolute Gasteiger partial charge is 0.462 e. The number of nitrogens with one attached hydrogen (secondary N) is 1. The molecule has 4 rings (SSSR count). The van der Waals surface area contributed by atoms with Crippen molar-refractivity contribution in [2.24, 2.45) is 5.92 Å². The standard InChI is InChI=1S/C29H37N6O9P/c1-17(2)26(36)42-24-22(43-29(15-30,28(24,6)38)23-13-12-21-25(31)32-16-33-35(21)23)14-40-45(39,44-20-10-8-7-9-11-20)34-19(5)27(37)41-18(3)4/h7-13,16-19,22,24,38H,14H2,1-6H3,(H,34,39)(H2,31,32,33)/t19-,22+,24+,28+,29-,45?/m0/s1. The highest BCUT2D eigenvalue weighted by Crippen LogP contribution is 2.51. The van der Waals surface area contributed by atoms with Crippen molar-refractivity contribution in [2.75, 3.05) is 12.3 Å². The molecule has 3 heterocycles. The second-order valence-corrected chi connectivity index (χ2v) is 13.0. The number of hydrogen-bond acceptors (Lipinski definition) is 13. The molecule has 45 heavy (non-hydrogen) atoms. The lowest BCUT2D eigenvalue weighted by atomic mass is 9.80. The van der Waals surface area contributed by atoms with Crippen LogP contribution in [-0.4, -0.2) is 68.2 Å². The van der Waals surface area contributed by atoms with Gasteiger partial charge in [0.25, 0.3) is 0 Å². The van der Waals surface area contributed by atoms with Crippen LogP contribution in [0, 0.1) is 17.2 Å². The minimum absolute atomic E-state index is 0.0686. The summed E-state index contributed by atoms with van der Waals surface area (Å²) < 4.78 is 44.0. The van der Waals surface area contributed by atoms with Crippen LogP contribution in [0.15, 0.2) is 48.8 Å². The average molecular weight is 645 g/mol. The molecule has 2 aromatic heterocycles. The molecule has 15 nitrogen and oxygen atoms in total. The fourth-order valence-corrected chi connectivity index (χ4v) is 6.29. The number of aliphatic hydroxyl groups is 1. The van der Waals surface area contributed by atoms with Gasteiger partial charge in [-0.05, 0) is 52.0 Å². The van der Waals surface area contributed by atoms with Gasteiger partial charge in [-0.1, -0.05) is 32.0 Å².